The summed E-state index contributed by atoms with van der Waals surface area (Å²) in [7, 11) is 0. The molecule has 3 rings (SSSR count). The summed E-state index contributed by atoms with van der Waals surface area (Å²) in [6, 6.07) is 6.46. The highest BCUT2D eigenvalue weighted by atomic mass is 19.1. The van der Waals surface area contributed by atoms with Gasteiger partial charge in [0.1, 0.15) is 11.6 Å². The molecular formula is C12H10FNO. The van der Waals surface area contributed by atoms with Crippen LogP contribution in [0.15, 0.2) is 24.3 Å². The Morgan fingerprint density at radius 3 is 3.07 bits per heavy atom. The Hall–Kier alpha value is -1.77. The molecule has 0 aliphatic carbocycles. The highest BCUT2D eigenvalue weighted by Crippen LogP contribution is 2.37. The number of hydrogen-bond donors (Lipinski definition) is 2. The molecule has 1 aliphatic heterocycles. The summed E-state index contributed by atoms with van der Waals surface area (Å²) in [6.07, 6.45) is 0.813. The molecule has 0 spiro atoms. The number of aromatic hydroxyl groups is 1. The molecule has 0 atom stereocenters. The lowest BCUT2D eigenvalue weighted by Gasteiger charge is -2.08. The zero-order valence-corrected chi connectivity index (χ0v) is 8.05. The van der Waals surface area contributed by atoms with Gasteiger partial charge in [0.2, 0.25) is 0 Å². The van der Waals surface area contributed by atoms with E-state index in [4.69, 9.17) is 0 Å². The number of hydrogen-bond acceptors (Lipinski definition) is 2. The van der Waals surface area contributed by atoms with E-state index < -0.39 is 0 Å². The van der Waals surface area contributed by atoms with E-state index >= 15 is 0 Å². The summed E-state index contributed by atoms with van der Waals surface area (Å²) >= 11 is 0. The fraction of sp³-hybridized carbons (Fsp3) is 0.167. The van der Waals surface area contributed by atoms with Crippen molar-refractivity contribution in [1.82, 2.24) is 0 Å². The molecule has 0 saturated carbocycles. The molecule has 2 aromatic carbocycles. The molecule has 3 heteroatoms. The van der Waals surface area contributed by atoms with E-state index in [1.54, 1.807) is 18.2 Å². The third-order valence-corrected chi connectivity index (χ3v) is 2.89. The van der Waals surface area contributed by atoms with E-state index in [1.807, 2.05) is 0 Å². The minimum absolute atomic E-state index is 0.137. The Bertz CT molecular complexity index is 551. The first-order valence-corrected chi connectivity index (χ1v) is 4.94. The van der Waals surface area contributed by atoms with Crippen molar-refractivity contribution >= 4 is 16.5 Å². The van der Waals surface area contributed by atoms with Crippen molar-refractivity contribution < 1.29 is 9.50 Å². The molecular weight excluding hydrogens is 193 g/mol. The average molecular weight is 203 g/mol. The van der Waals surface area contributed by atoms with Crippen molar-refractivity contribution in [1.29, 1.82) is 0 Å². The molecule has 0 saturated heterocycles. The maximum atomic E-state index is 13.7. The number of phenols is 1. The van der Waals surface area contributed by atoms with E-state index in [2.05, 4.69) is 5.32 Å². The fourth-order valence-electron chi connectivity index (χ4n) is 2.22. The zero-order valence-electron chi connectivity index (χ0n) is 8.05. The lowest BCUT2D eigenvalue weighted by Crippen LogP contribution is -1.90. The van der Waals surface area contributed by atoms with Gasteiger partial charge in [-0.05, 0) is 18.1 Å². The van der Waals surface area contributed by atoms with E-state index in [0.717, 1.165) is 24.2 Å². The van der Waals surface area contributed by atoms with Gasteiger partial charge in [-0.25, -0.2) is 4.39 Å². The van der Waals surface area contributed by atoms with Crippen molar-refractivity contribution in [3.05, 3.63) is 35.6 Å². The van der Waals surface area contributed by atoms with Crippen LogP contribution in [0.4, 0.5) is 10.1 Å². The first kappa shape index (κ1) is 8.53. The second-order valence-corrected chi connectivity index (χ2v) is 3.76. The minimum Gasteiger partial charge on any atom is -0.507 e. The topological polar surface area (TPSA) is 32.3 Å². The van der Waals surface area contributed by atoms with Gasteiger partial charge in [-0.1, -0.05) is 12.1 Å². The highest BCUT2D eigenvalue weighted by Gasteiger charge is 2.18. The first-order chi connectivity index (χ1) is 7.27. The first-order valence-electron chi connectivity index (χ1n) is 4.94. The molecule has 2 N–H and O–H groups in total. The molecule has 1 heterocycles. The number of fused-ring (bicyclic) bond motifs is 3. The fourth-order valence-corrected chi connectivity index (χ4v) is 2.22. The molecule has 0 amide bonds. The second kappa shape index (κ2) is 2.86. The second-order valence-electron chi connectivity index (χ2n) is 3.76. The Labute approximate surface area is 86.3 Å². The lowest BCUT2D eigenvalue weighted by atomic mass is 10.0. The van der Waals surface area contributed by atoms with Gasteiger partial charge in [0, 0.05) is 29.1 Å². The SMILES string of the molecule is Oc1cc2c(c3c(F)cccc13)CCN2. The third kappa shape index (κ3) is 1.09. The Morgan fingerprint density at radius 2 is 2.20 bits per heavy atom. The van der Waals surface area contributed by atoms with Crippen molar-refractivity contribution in [2.24, 2.45) is 0 Å². The van der Waals surface area contributed by atoms with Gasteiger partial charge >= 0.3 is 0 Å². The van der Waals surface area contributed by atoms with Gasteiger partial charge in [-0.15, -0.1) is 0 Å². The van der Waals surface area contributed by atoms with E-state index in [0.29, 0.717) is 10.8 Å². The maximum Gasteiger partial charge on any atom is 0.131 e. The normalized spacial score (nSPS) is 13.9. The zero-order chi connectivity index (χ0) is 10.4. The summed E-state index contributed by atoms with van der Waals surface area (Å²) in [5, 5.41) is 14.0. The average Bonchev–Trinajstić information content (AvgIpc) is 2.66. The molecule has 2 nitrogen and oxygen atoms in total. The molecule has 0 fully saturated rings. The number of phenolic OH excluding ortho intramolecular Hbond substituents is 1. The Kier molecular flexibility index (Phi) is 1.63. The molecule has 15 heavy (non-hydrogen) atoms. The molecule has 76 valence electrons. The molecule has 1 aliphatic rings. The smallest absolute Gasteiger partial charge is 0.131 e. The van der Waals surface area contributed by atoms with Crippen molar-refractivity contribution in [2.45, 2.75) is 6.42 Å². The largest absolute Gasteiger partial charge is 0.507 e. The van der Waals surface area contributed by atoms with E-state index in [-0.39, 0.29) is 11.6 Å². The van der Waals surface area contributed by atoms with Crippen LogP contribution < -0.4 is 5.32 Å². The van der Waals surface area contributed by atoms with Crippen LogP contribution in [-0.4, -0.2) is 11.7 Å². The van der Waals surface area contributed by atoms with Crippen LogP contribution in [0, 0.1) is 5.82 Å². The molecule has 0 aromatic heterocycles. The van der Waals surface area contributed by atoms with Crippen LogP contribution >= 0.6 is 0 Å². The maximum absolute atomic E-state index is 13.7. The monoisotopic (exact) mass is 203 g/mol. The summed E-state index contributed by atoms with van der Waals surface area (Å²) in [5.74, 6) is -0.124. The molecule has 2 aromatic rings. The van der Waals surface area contributed by atoms with Crippen molar-refractivity contribution in [2.75, 3.05) is 11.9 Å². The predicted molar refractivity (Wildman–Crippen MR) is 57.8 cm³/mol. The van der Waals surface area contributed by atoms with Crippen LogP contribution in [0.2, 0.25) is 0 Å². The van der Waals surface area contributed by atoms with Crippen LogP contribution in [0.5, 0.6) is 5.75 Å². The molecule has 0 radical (unpaired) electrons. The van der Waals surface area contributed by atoms with Crippen molar-refractivity contribution in [3.8, 4) is 5.75 Å². The van der Waals surface area contributed by atoms with Crippen LogP contribution in [0.3, 0.4) is 0 Å². The summed E-state index contributed by atoms with van der Waals surface area (Å²) < 4.78 is 13.7. The number of anilines is 1. The lowest BCUT2D eigenvalue weighted by molar-refractivity contribution is 0.481. The van der Waals surface area contributed by atoms with Gasteiger partial charge in [0.05, 0.1) is 0 Å². The van der Waals surface area contributed by atoms with Gasteiger partial charge in [-0.2, -0.15) is 0 Å². The number of nitrogens with one attached hydrogen (secondary N) is 1. The predicted octanol–water partition coefficient (Wildman–Crippen LogP) is 2.65. The quantitative estimate of drug-likeness (QED) is 0.689. The van der Waals surface area contributed by atoms with Gasteiger partial charge < -0.3 is 10.4 Å². The number of benzene rings is 2. The van der Waals surface area contributed by atoms with Crippen LogP contribution in [-0.2, 0) is 6.42 Å². The standard InChI is InChI=1S/C12H10FNO/c13-9-3-1-2-8-11(15)6-10-7(12(8)9)4-5-14-10/h1-3,6,14-15H,4-5H2. The summed E-state index contributed by atoms with van der Waals surface area (Å²) in [4.78, 5) is 0. The molecule has 0 unspecified atom stereocenters. The molecule has 0 bridgehead atoms. The summed E-state index contributed by atoms with van der Waals surface area (Å²) in [6.45, 7) is 0.808. The van der Waals surface area contributed by atoms with Gasteiger partial charge in [-0.3, -0.25) is 0 Å². The van der Waals surface area contributed by atoms with Crippen LogP contribution in [0.1, 0.15) is 5.56 Å². The number of halogens is 1. The summed E-state index contributed by atoms with van der Waals surface area (Å²) in [5.41, 5.74) is 1.83. The van der Waals surface area contributed by atoms with Gasteiger partial charge in [0.25, 0.3) is 0 Å². The number of rotatable bonds is 0. The van der Waals surface area contributed by atoms with E-state index in [9.17, 15) is 9.50 Å². The minimum atomic E-state index is -0.261. The van der Waals surface area contributed by atoms with E-state index in [1.165, 1.54) is 6.07 Å². The Morgan fingerprint density at radius 1 is 1.33 bits per heavy atom. The van der Waals surface area contributed by atoms with Crippen LogP contribution in [0.25, 0.3) is 10.8 Å². The third-order valence-electron chi connectivity index (χ3n) is 2.89. The van der Waals surface area contributed by atoms with Crippen molar-refractivity contribution in [3.63, 3.8) is 0 Å². The van der Waals surface area contributed by atoms with Gasteiger partial charge in [0.15, 0.2) is 0 Å². The highest BCUT2D eigenvalue weighted by molar-refractivity contribution is 5.96. The Balaban J connectivity index is 2.51.